The first-order chi connectivity index (χ1) is 14.3. The number of hydrogen-bond donors (Lipinski definition) is 1. The quantitative estimate of drug-likeness (QED) is 0.617. The smallest absolute Gasteiger partial charge is 0.251 e. The summed E-state index contributed by atoms with van der Waals surface area (Å²) in [6.07, 6.45) is 3.25. The van der Waals surface area contributed by atoms with Gasteiger partial charge in [-0.15, -0.1) is 0 Å². The molecule has 0 unspecified atom stereocenters. The van der Waals surface area contributed by atoms with Crippen LogP contribution >= 0.6 is 11.6 Å². The molecule has 0 bridgehead atoms. The van der Waals surface area contributed by atoms with Crippen LogP contribution in [0.2, 0.25) is 5.02 Å². The fourth-order valence-electron chi connectivity index (χ4n) is 2.62. The van der Waals surface area contributed by atoms with Crippen LogP contribution in [0.1, 0.15) is 27.2 Å². The zero-order valence-corrected chi connectivity index (χ0v) is 17.8. The van der Waals surface area contributed by atoms with Gasteiger partial charge in [0.25, 0.3) is 5.91 Å². The van der Waals surface area contributed by atoms with E-state index >= 15 is 0 Å². The number of carbonyl (C=O) groups is 1. The summed E-state index contributed by atoms with van der Waals surface area (Å²) >= 11 is 5.87. The van der Waals surface area contributed by atoms with Gasteiger partial charge in [0.2, 0.25) is 0 Å². The Hall–Kier alpha value is -3.14. The van der Waals surface area contributed by atoms with Crippen LogP contribution in [0.25, 0.3) is 0 Å². The van der Waals surface area contributed by atoms with Crippen molar-refractivity contribution in [1.82, 2.24) is 10.3 Å². The van der Waals surface area contributed by atoms with Crippen molar-refractivity contribution in [2.75, 3.05) is 6.26 Å². The largest absolute Gasteiger partial charge is 0.348 e. The van der Waals surface area contributed by atoms with Gasteiger partial charge in [-0.3, -0.25) is 4.79 Å². The molecule has 7 heteroatoms. The van der Waals surface area contributed by atoms with Crippen LogP contribution in [-0.2, 0) is 22.8 Å². The van der Waals surface area contributed by atoms with E-state index in [9.17, 15) is 13.2 Å². The number of nitrogens with one attached hydrogen (secondary N) is 1. The van der Waals surface area contributed by atoms with Crippen molar-refractivity contribution < 1.29 is 13.2 Å². The van der Waals surface area contributed by atoms with Gasteiger partial charge in [0, 0.05) is 36.0 Å². The number of rotatable bonds is 5. The Morgan fingerprint density at radius 2 is 1.70 bits per heavy atom. The van der Waals surface area contributed by atoms with Crippen LogP contribution < -0.4 is 5.32 Å². The SMILES string of the molecule is CS(=O)(=O)c1ccc(CNC(=O)c2ccnc(C#CCc3ccc(Cl)cc3)c2)cc1. The normalized spacial score (nSPS) is 10.7. The molecule has 1 N–H and O–H groups in total. The molecule has 0 aliphatic heterocycles. The second-order valence-electron chi connectivity index (χ2n) is 6.63. The molecule has 1 aromatic heterocycles. The molecular weight excluding hydrogens is 420 g/mol. The molecule has 5 nitrogen and oxygen atoms in total. The third kappa shape index (κ3) is 6.18. The van der Waals surface area contributed by atoms with Crippen molar-refractivity contribution in [1.29, 1.82) is 0 Å². The zero-order valence-electron chi connectivity index (χ0n) is 16.2. The highest BCUT2D eigenvalue weighted by atomic mass is 35.5. The molecule has 0 aliphatic rings. The Balaban J connectivity index is 1.60. The van der Waals surface area contributed by atoms with Gasteiger partial charge in [0.1, 0.15) is 5.69 Å². The minimum Gasteiger partial charge on any atom is -0.348 e. The minimum atomic E-state index is -3.24. The van der Waals surface area contributed by atoms with Crippen LogP contribution in [0.15, 0.2) is 71.8 Å². The molecule has 0 spiro atoms. The van der Waals surface area contributed by atoms with E-state index in [1.807, 2.05) is 24.3 Å². The highest BCUT2D eigenvalue weighted by molar-refractivity contribution is 7.90. The maximum Gasteiger partial charge on any atom is 0.251 e. The fourth-order valence-corrected chi connectivity index (χ4v) is 3.37. The number of carbonyl (C=O) groups excluding carboxylic acids is 1. The van der Waals surface area contributed by atoms with Crippen LogP contribution in [0, 0.1) is 11.8 Å². The number of amides is 1. The van der Waals surface area contributed by atoms with Gasteiger partial charge in [-0.2, -0.15) is 0 Å². The van der Waals surface area contributed by atoms with E-state index < -0.39 is 9.84 Å². The lowest BCUT2D eigenvalue weighted by molar-refractivity contribution is 0.0950. The molecular formula is C23H19ClN2O3S. The summed E-state index contributed by atoms with van der Waals surface area (Å²) in [4.78, 5) is 16.9. The Morgan fingerprint density at radius 3 is 2.37 bits per heavy atom. The molecule has 2 aromatic carbocycles. The topological polar surface area (TPSA) is 76.1 Å². The molecule has 0 fully saturated rings. The van der Waals surface area contributed by atoms with Gasteiger partial charge in [0.05, 0.1) is 4.90 Å². The van der Waals surface area contributed by atoms with E-state index in [1.54, 1.807) is 30.5 Å². The number of hydrogen-bond acceptors (Lipinski definition) is 4. The number of halogens is 1. The van der Waals surface area contributed by atoms with Crippen LogP contribution in [0.3, 0.4) is 0 Å². The first-order valence-electron chi connectivity index (χ1n) is 9.08. The predicted molar refractivity (Wildman–Crippen MR) is 117 cm³/mol. The lowest BCUT2D eigenvalue weighted by Crippen LogP contribution is -2.23. The Morgan fingerprint density at radius 1 is 1.03 bits per heavy atom. The van der Waals surface area contributed by atoms with Gasteiger partial charge in [-0.1, -0.05) is 41.8 Å². The van der Waals surface area contributed by atoms with E-state index in [-0.39, 0.29) is 17.3 Å². The Labute approximate surface area is 181 Å². The molecule has 0 saturated heterocycles. The van der Waals surface area contributed by atoms with Crippen molar-refractivity contribution in [3.05, 3.63) is 94.3 Å². The summed E-state index contributed by atoms with van der Waals surface area (Å²) in [6, 6.07) is 17.1. The third-order valence-electron chi connectivity index (χ3n) is 4.25. The zero-order chi connectivity index (χ0) is 21.6. The van der Waals surface area contributed by atoms with Crippen LogP contribution in [0.4, 0.5) is 0 Å². The Bertz CT molecular complexity index is 1210. The van der Waals surface area contributed by atoms with Gasteiger partial charge >= 0.3 is 0 Å². The number of pyridine rings is 1. The third-order valence-corrected chi connectivity index (χ3v) is 5.63. The van der Waals surface area contributed by atoms with E-state index in [0.717, 1.165) is 17.4 Å². The average Bonchev–Trinajstić information content (AvgIpc) is 2.73. The summed E-state index contributed by atoms with van der Waals surface area (Å²) < 4.78 is 23.0. The summed E-state index contributed by atoms with van der Waals surface area (Å²) in [6.45, 7) is 0.281. The van der Waals surface area contributed by atoms with E-state index in [0.29, 0.717) is 22.7 Å². The Kier molecular flexibility index (Phi) is 6.88. The van der Waals surface area contributed by atoms with Gasteiger partial charge < -0.3 is 5.32 Å². The minimum absolute atomic E-state index is 0.244. The molecule has 0 radical (unpaired) electrons. The first-order valence-corrected chi connectivity index (χ1v) is 11.3. The second-order valence-corrected chi connectivity index (χ2v) is 9.09. The molecule has 152 valence electrons. The molecule has 0 saturated carbocycles. The van der Waals surface area contributed by atoms with Crippen molar-refractivity contribution in [3.8, 4) is 11.8 Å². The highest BCUT2D eigenvalue weighted by Crippen LogP contribution is 2.11. The standard InChI is InChI=1S/C23H19ClN2O3S/c1-30(28,29)22-11-7-18(8-12-22)16-26-23(27)19-13-14-25-21(15-19)4-2-3-17-5-9-20(24)10-6-17/h5-15H,3,16H2,1H3,(H,26,27). The maximum atomic E-state index is 12.4. The number of aromatic nitrogens is 1. The van der Waals surface area contributed by atoms with Gasteiger partial charge in [-0.05, 0) is 53.4 Å². The second kappa shape index (κ2) is 9.57. The number of sulfone groups is 1. The van der Waals surface area contributed by atoms with E-state index in [2.05, 4.69) is 22.1 Å². The fraction of sp³-hybridized carbons (Fsp3) is 0.130. The van der Waals surface area contributed by atoms with Crippen LogP contribution in [0.5, 0.6) is 0 Å². The lowest BCUT2D eigenvalue weighted by atomic mass is 10.1. The van der Waals surface area contributed by atoms with Gasteiger partial charge in [-0.25, -0.2) is 13.4 Å². The summed E-state index contributed by atoms with van der Waals surface area (Å²) in [5, 5.41) is 3.49. The summed E-state index contributed by atoms with van der Waals surface area (Å²) in [5.41, 5.74) is 2.80. The molecule has 1 heterocycles. The van der Waals surface area contributed by atoms with Gasteiger partial charge in [0.15, 0.2) is 9.84 Å². The molecule has 1 amide bonds. The van der Waals surface area contributed by atoms with Crippen molar-refractivity contribution in [2.45, 2.75) is 17.9 Å². The average molecular weight is 439 g/mol. The van der Waals surface area contributed by atoms with E-state index in [1.165, 1.54) is 12.1 Å². The maximum absolute atomic E-state index is 12.4. The number of nitrogens with zero attached hydrogens (tertiary/aromatic N) is 1. The molecule has 3 rings (SSSR count). The molecule has 0 aliphatic carbocycles. The van der Waals surface area contributed by atoms with Crippen molar-refractivity contribution >= 4 is 27.3 Å². The molecule has 30 heavy (non-hydrogen) atoms. The monoisotopic (exact) mass is 438 g/mol. The van der Waals surface area contributed by atoms with E-state index in [4.69, 9.17) is 11.6 Å². The summed E-state index contributed by atoms with van der Waals surface area (Å²) in [7, 11) is -3.24. The lowest BCUT2D eigenvalue weighted by Gasteiger charge is -2.06. The first kappa shape index (κ1) is 21.6. The van der Waals surface area contributed by atoms with Crippen LogP contribution in [-0.4, -0.2) is 25.6 Å². The van der Waals surface area contributed by atoms with Crippen molar-refractivity contribution in [3.63, 3.8) is 0 Å². The van der Waals surface area contributed by atoms with Crippen molar-refractivity contribution in [2.24, 2.45) is 0 Å². The molecule has 0 atom stereocenters. The predicted octanol–water partition coefficient (Wildman–Crippen LogP) is 3.66. The molecule has 3 aromatic rings. The summed E-state index contributed by atoms with van der Waals surface area (Å²) in [5.74, 6) is 5.75. The number of benzene rings is 2. The highest BCUT2D eigenvalue weighted by Gasteiger charge is 2.08.